The molecule has 0 aliphatic heterocycles. The zero-order chi connectivity index (χ0) is 13.2. The summed E-state index contributed by atoms with van der Waals surface area (Å²) in [6.45, 7) is 0. The normalized spacial score (nSPS) is 11.4. The maximum absolute atomic E-state index is 11.3. The molecule has 2 aromatic carbocycles. The molecule has 0 saturated carbocycles. The molecule has 0 bridgehead atoms. The monoisotopic (exact) mass is 254 g/mol. The summed E-state index contributed by atoms with van der Waals surface area (Å²) in [5, 5.41) is 15.5. The molecule has 0 fully saturated rings. The third-order valence-corrected chi connectivity index (χ3v) is 2.82. The Kier molecular flexibility index (Phi) is 2.64. The smallest absolute Gasteiger partial charge is 0.270 e. The lowest BCUT2D eigenvalue weighted by molar-refractivity contribution is -0.110. The molecule has 94 valence electrons. The summed E-state index contributed by atoms with van der Waals surface area (Å²) in [6.07, 6.45) is 0.794. The molecule has 0 spiro atoms. The molecular formula is C14H10N2O3. The first kappa shape index (κ1) is 11.3. The first-order valence-electron chi connectivity index (χ1n) is 5.67. The van der Waals surface area contributed by atoms with Gasteiger partial charge in [0.25, 0.3) is 5.91 Å². The Morgan fingerprint density at radius 3 is 2.79 bits per heavy atom. The van der Waals surface area contributed by atoms with Gasteiger partial charge in [-0.1, -0.05) is 23.4 Å². The van der Waals surface area contributed by atoms with Crippen molar-refractivity contribution in [2.45, 2.75) is 0 Å². The molecule has 0 unspecified atom stereocenters. The van der Waals surface area contributed by atoms with Crippen LogP contribution in [0.25, 0.3) is 21.9 Å². The van der Waals surface area contributed by atoms with Crippen LogP contribution in [0.2, 0.25) is 0 Å². The predicted octanol–water partition coefficient (Wildman–Crippen LogP) is 2.98. The SMILES string of the molecule is O=C(/C=N/O)Nc1ccc2c(c1)oc1ccccc12. The van der Waals surface area contributed by atoms with Crippen molar-refractivity contribution >= 4 is 39.7 Å². The average molecular weight is 254 g/mol. The van der Waals surface area contributed by atoms with E-state index in [9.17, 15) is 4.79 Å². The van der Waals surface area contributed by atoms with Crippen LogP contribution in [-0.2, 0) is 4.79 Å². The van der Waals surface area contributed by atoms with Gasteiger partial charge in [-0.3, -0.25) is 4.79 Å². The summed E-state index contributed by atoms with van der Waals surface area (Å²) in [7, 11) is 0. The van der Waals surface area contributed by atoms with Gasteiger partial charge >= 0.3 is 0 Å². The topological polar surface area (TPSA) is 74.8 Å². The highest BCUT2D eigenvalue weighted by atomic mass is 16.4. The van der Waals surface area contributed by atoms with Crippen LogP contribution in [0, 0.1) is 0 Å². The van der Waals surface area contributed by atoms with Crippen molar-refractivity contribution in [3.05, 3.63) is 42.5 Å². The lowest BCUT2D eigenvalue weighted by Crippen LogP contribution is -2.12. The number of hydrogen-bond acceptors (Lipinski definition) is 4. The zero-order valence-corrected chi connectivity index (χ0v) is 9.83. The Morgan fingerprint density at radius 2 is 1.95 bits per heavy atom. The second-order valence-corrected chi connectivity index (χ2v) is 4.04. The van der Waals surface area contributed by atoms with Gasteiger partial charge in [-0.05, 0) is 18.2 Å². The first-order chi connectivity index (χ1) is 9.28. The van der Waals surface area contributed by atoms with E-state index in [1.807, 2.05) is 30.3 Å². The standard InChI is InChI=1S/C14H10N2O3/c17-14(8-15-18)16-9-5-6-11-10-3-1-2-4-12(10)19-13(11)7-9/h1-8,18H,(H,16,17)/b15-8+. The van der Waals surface area contributed by atoms with Gasteiger partial charge in [0.15, 0.2) is 0 Å². The number of carbonyl (C=O) groups excluding carboxylic acids is 1. The van der Waals surface area contributed by atoms with E-state index >= 15 is 0 Å². The molecule has 5 nitrogen and oxygen atoms in total. The summed E-state index contributed by atoms with van der Waals surface area (Å²) in [5.41, 5.74) is 2.08. The van der Waals surface area contributed by atoms with Crippen LogP contribution < -0.4 is 5.32 Å². The zero-order valence-electron chi connectivity index (χ0n) is 9.83. The number of oxime groups is 1. The lowest BCUT2D eigenvalue weighted by atomic mass is 10.1. The van der Waals surface area contributed by atoms with Crippen LogP contribution in [0.3, 0.4) is 0 Å². The minimum atomic E-state index is -0.502. The number of anilines is 1. The highest BCUT2D eigenvalue weighted by Gasteiger charge is 2.07. The molecule has 0 aliphatic rings. The van der Waals surface area contributed by atoms with Crippen molar-refractivity contribution in [1.82, 2.24) is 0 Å². The van der Waals surface area contributed by atoms with Crippen LogP contribution in [0.5, 0.6) is 0 Å². The van der Waals surface area contributed by atoms with Crippen LogP contribution in [-0.4, -0.2) is 17.3 Å². The summed E-state index contributed by atoms with van der Waals surface area (Å²) in [6, 6.07) is 13.1. The van der Waals surface area contributed by atoms with Crippen molar-refractivity contribution in [2.24, 2.45) is 5.16 Å². The predicted molar refractivity (Wildman–Crippen MR) is 72.6 cm³/mol. The number of amides is 1. The van der Waals surface area contributed by atoms with Crippen LogP contribution in [0.4, 0.5) is 5.69 Å². The quantitative estimate of drug-likeness (QED) is 0.419. The maximum Gasteiger partial charge on any atom is 0.270 e. The number of benzene rings is 2. The van der Waals surface area contributed by atoms with Gasteiger partial charge in [-0.15, -0.1) is 0 Å². The number of fused-ring (bicyclic) bond motifs is 3. The van der Waals surface area contributed by atoms with Gasteiger partial charge in [0.1, 0.15) is 17.4 Å². The molecular weight excluding hydrogens is 244 g/mol. The third kappa shape index (κ3) is 2.01. The minimum absolute atomic E-state index is 0.502. The van der Waals surface area contributed by atoms with Crippen LogP contribution in [0.1, 0.15) is 0 Å². The molecule has 19 heavy (non-hydrogen) atoms. The van der Waals surface area contributed by atoms with E-state index in [2.05, 4.69) is 10.5 Å². The molecule has 1 amide bonds. The molecule has 3 rings (SSSR count). The Hall–Kier alpha value is -2.82. The van der Waals surface area contributed by atoms with Gasteiger partial charge in [0.2, 0.25) is 0 Å². The maximum atomic E-state index is 11.3. The van der Waals surface area contributed by atoms with E-state index in [1.54, 1.807) is 12.1 Å². The Labute approximate surface area is 108 Å². The highest BCUT2D eigenvalue weighted by molar-refractivity contribution is 6.31. The van der Waals surface area contributed by atoms with Gasteiger partial charge in [-0.2, -0.15) is 0 Å². The molecule has 5 heteroatoms. The highest BCUT2D eigenvalue weighted by Crippen LogP contribution is 2.30. The van der Waals surface area contributed by atoms with E-state index in [1.165, 1.54) is 0 Å². The number of furan rings is 1. The van der Waals surface area contributed by atoms with E-state index in [-0.39, 0.29) is 0 Å². The van der Waals surface area contributed by atoms with E-state index < -0.39 is 5.91 Å². The van der Waals surface area contributed by atoms with E-state index in [0.717, 1.165) is 22.6 Å². The number of hydrogen-bond donors (Lipinski definition) is 2. The van der Waals surface area contributed by atoms with E-state index in [0.29, 0.717) is 11.3 Å². The lowest BCUT2D eigenvalue weighted by Gasteiger charge is -2.00. The van der Waals surface area contributed by atoms with E-state index in [4.69, 9.17) is 9.62 Å². The largest absolute Gasteiger partial charge is 0.456 e. The first-order valence-corrected chi connectivity index (χ1v) is 5.67. The number of nitrogens with one attached hydrogen (secondary N) is 1. The molecule has 0 radical (unpaired) electrons. The van der Waals surface area contributed by atoms with Crippen molar-refractivity contribution in [1.29, 1.82) is 0 Å². The van der Waals surface area contributed by atoms with Crippen LogP contribution in [0.15, 0.2) is 52.0 Å². The molecule has 1 heterocycles. The fourth-order valence-electron chi connectivity index (χ4n) is 2.03. The fourth-order valence-corrected chi connectivity index (χ4v) is 2.03. The van der Waals surface area contributed by atoms with Gasteiger partial charge in [0, 0.05) is 22.5 Å². The average Bonchev–Trinajstić information content (AvgIpc) is 2.76. The minimum Gasteiger partial charge on any atom is -0.456 e. The molecule has 0 saturated heterocycles. The van der Waals surface area contributed by atoms with Gasteiger partial charge < -0.3 is 14.9 Å². The summed E-state index contributed by atoms with van der Waals surface area (Å²) in [5.74, 6) is -0.502. The van der Waals surface area contributed by atoms with Gasteiger partial charge in [0.05, 0.1) is 0 Å². The molecule has 0 aliphatic carbocycles. The number of nitrogens with zero attached hydrogens (tertiary/aromatic N) is 1. The molecule has 3 aromatic rings. The third-order valence-electron chi connectivity index (χ3n) is 2.82. The summed E-state index contributed by atoms with van der Waals surface area (Å²) >= 11 is 0. The summed E-state index contributed by atoms with van der Waals surface area (Å²) < 4.78 is 5.70. The number of carbonyl (C=O) groups is 1. The summed E-state index contributed by atoms with van der Waals surface area (Å²) in [4.78, 5) is 11.3. The van der Waals surface area contributed by atoms with Crippen molar-refractivity contribution in [3.8, 4) is 0 Å². The van der Waals surface area contributed by atoms with Crippen LogP contribution >= 0.6 is 0 Å². The van der Waals surface area contributed by atoms with Crippen molar-refractivity contribution < 1.29 is 14.4 Å². The number of para-hydroxylation sites is 1. The fraction of sp³-hybridized carbons (Fsp3) is 0. The van der Waals surface area contributed by atoms with Crippen molar-refractivity contribution in [3.63, 3.8) is 0 Å². The Balaban J connectivity index is 2.06. The second-order valence-electron chi connectivity index (χ2n) is 4.04. The number of rotatable bonds is 2. The Morgan fingerprint density at radius 1 is 1.16 bits per heavy atom. The molecule has 1 aromatic heterocycles. The Bertz CT molecular complexity index is 790. The molecule has 2 N–H and O–H groups in total. The molecule has 0 atom stereocenters. The second kappa shape index (κ2) is 4.45. The van der Waals surface area contributed by atoms with Gasteiger partial charge in [-0.25, -0.2) is 0 Å². The van der Waals surface area contributed by atoms with Crippen molar-refractivity contribution in [2.75, 3.05) is 5.32 Å².